The highest BCUT2D eigenvalue weighted by Gasteiger charge is 1.98. The number of rotatable bonds is 2. The third-order valence-corrected chi connectivity index (χ3v) is 3.11. The summed E-state index contributed by atoms with van der Waals surface area (Å²) in [6.07, 6.45) is 0.877. The fourth-order valence-corrected chi connectivity index (χ4v) is 1.73. The van der Waals surface area contributed by atoms with Crippen molar-refractivity contribution in [3.63, 3.8) is 0 Å². The second-order valence-electron chi connectivity index (χ2n) is 2.74. The molecule has 0 aliphatic carbocycles. The van der Waals surface area contributed by atoms with Crippen LogP contribution >= 0.6 is 0 Å². The van der Waals surface area contributed by atoms with E-state index in [1.54, 1.807) is 0 Å². The largest absolute Gasteiger partial charge is 0.298 e. The molecule has 0 atom stereocenters. The van der Waals surface area contributed by atoms with Crippen LogP contribution in [0.3, 0.4) is 0 Å². The third-order valence-electron chi connectivity index (χ3n) is 1.62. The molecule has 0 saturated heterocycles. The van der Waals surface area contributed by atoms with Crippen LogP contribution < -0.4 is 5.19 Å². The van der Waals surface area contributed by atoms with E-state index in [-0.39, 0.29) is 8.80 Å². The number of hydrogen-bond donors (Lipinski definition) is 0. The summed E-state index contributed by atoms with van der Waals surface area (Å²) < 4.78 is 0. The molecule has 1 aromatic carbocycles. The van der Waals surface area contributed by atoms with Gasteiger partial charge in [-0.2, -0.15) is 0 Å². The summed E-state index contributed by atoms with van der Waals surface area (Å²) in [7, 11) is -0.353. The van der Waals surface area contributed by atoms with E-state index >= 15 is 0 Å². The maximum atomic E-state index is 10.3. The maximum absolute atomic E-state index is 10.3. The fraction of sp³-hybridized carbons (Fsp3) is 0.222. The van der Waals surface area contributed by atoms with Gasteiger partial charge in [0.05, 0.1) is 8.80 Å². The summed E-state index contributed by atoms with van der Waals surface area (Å²) >= 11 is 0. The van der Waals surface area contributed by atoms with Gasteiger partial charge in [0, 0.05) is 5.56 Å². The van der Waals surface area contributed by atoms with Crippen molar-refractivity contribution in [3.05, 3.63) is 29.8 Å². The Balaban J connectivity index is 2.91. The lowest BCUT2D eigenvalue weighted by molar-refractivity contribution is 0.112. The van der Waals surface area contributed by atoms with Crippen molar-refractivity contribution in [2.75, 3.05) is 0 Å². The first kappa shape index (κ1) is 8.21. The lowest BCUT2D eigenvalue weighted by Crippen LogP contribution is -2.21. The van der Waals surface area contributed by atoms with E-state index < -0.39 is 0 Å². The molecule has 11 heavy (non-hydrogen) atoms. The van der Waals surface area contributed by atoms with Crippen molar-refractivity contribution in [1.82, 2.24) is 0 Å². The van der Waals surface area contributed by atoms with Crippen molar-refractivity contribution in [1.29, 1.82) is 0 Å². The Morgan fingerprint density at radius 2 is 1.73 bits per heavy atom. The van der Waals surface area contributed by atoms with Crippen LogP contribution in [0.25, 0.3) is 0 Å². The lowest BCUT2D eigenvalue weighted by Gasteiger charge is -2.01. The number of carbonyl (C=O) groups excluding carboxylic acids is 1. The van der Waals surface area contributed by atoms with Crippen LogP contribution in [0.1, 0.15) is 10.4 Å². The molecule has 0 unspecified atom stereocenters. The average Bonchev–Trinajstić information content (AvgIpc) is 2.05. The molecule has 1 nitrogen and oxygen atoms in total. The van der Waals surface area contributed by atoms with Crippen molar-refractivity contribution in [3.8, 4) is 0 Å². The lowest BCUT2D eigenvalue weighted by atomic mass is 10.2. The summed E-state index contributed by atoms with van der Waals surface area (Å²) in [6, 6.07) is 7.83. The van der Waals surface area contributed by atoms with Gasteiger partial charge in [-0.05, 0) is 0 Å². The zero-order valence-electron chi connectivity index (χ0n) is 6.79. The molecule has 0 N–H and O–H groups in total. The predicted octanol–water partition coefficient (Wildman–Crippen LogP) is 1.46. The van der Waals surface area contributed by atoms with Gasteiger partial charge >= 0.3 is 0 Å². The van der Waals surface area contributed by atoms with E-state index in [2.05, 4.69) is 13.1 Å². The monoisotopic (exact) mass is 163 g/mol. The van der Waals surface area contributed by atoms with Gasteiger partial charge in [0.25, 0.3) is 0 Å². The third kappa shape index (κ3) is 2.02. The first-order chi connectivity index (χ1) is 5.24. The highest BCUT2D eigenvalue weighted by molar-refractivity contribution is 6.70. The Kier molecular flexibility index (Phi) is 2.60. The van der Waals surface area contributed by atoms with Crippen molar-refractivity contribution in [2.45, 2.75) is 13.1 Å². The molecule has 2 heteroatoms. The minimum Gasteiger partial charge on any atom is -0.298 e. The molecule has 0 spiro atoms. The van der Waals surface area contributed by atoms with Gasteiger partial charge in [0.15, 0.2) is 0 Å². The van der Waals surface area contributed by atoms with E-state index in [0.29, 0.717) is 0 Å². The SMILES string of the molecule is C[Si](C)c1ccc(C=O)cc1. The molecule has 57 valence electrons. The quantitative estimate of drug-likeness (QED) is 0.476. The molecule has 0 aliphatic heterocycles. The molecule has 0 aliphatic rings. The van der Waals surface area contributed by atoms with E-state index in [9.17, 15) is 4.79 Å². The topological polar surface area (TPSA) is 17.1 Å². The molecule has 0 saturated carbocycles. The molecule has 1 rings (SSSR count). The Labute approximate surface area is 68.7 Å². The van der Waals surface area contributed by atoms with E-state index in [1.807, 2.05) is 24.3 Å². The van der Waals surface area contributed by atoms with Gasteiger partial charge in [-0.15, -0.1) is 0 Å². The molecule has 0 bridgehead atoms. The Morgan fingerprint density at radius 1 is 1.18 bits per heavy atom. The molecule has 1 radical (unpaired) electrons. The summed E-state index contributed by atoms with van der Waals surface area (Å²) in [5.74, 6) is 0. The van der Waals surface area contributed by atoms with Crippen LogP contribution in [-0.4, -0.2) is 15.1 Å². The van der Waals surface area contributed by atoms with E-state index in [1.165, 1.54) is 5.19 Å². The van der Waals surface area contributed by atoms with Crippen LogP contribution in [0, 0.1) is 0 Å². The van der Waals surface area contributed by atoms with Crippen LogP contribution in [0.2, 0.25) is 13.1 Å². The summed E-state index contributed by atoms with van der Waals surface area (Å²) in [5, 5.41) is 1.38. The van der Waals surface area contributed by atoms with Gasteiger partial charge in [-0.1, -0.05) is 42.5 Å². The number of benzene rings is 1. The molecule has 0 amide bonds. The Bertz CT molecular complexity index is 238. The van der Waals surface area contributed by atoms with Gasteiger partial charge in [-0.25, -0.2) is 0 Å². The number of carbonyl (C=O) groups is 1. The smallest absolute Gasteiger partial charge is 0.150 e. The van der Waals surface area contributed by atoms with Crippen LogP contribution in [-0.2, 0) is 0 Å². The number of aldehydes is 1. The zero-order chi connectivity index (χ0) is 8.27. The van der Waals surface area contributed by atoms with Gasteiger partial charge in [0.1, 0.15) is 6.29 Å². The predicted molar refractivity (Wildman–Crippen MR) is 48.9 cm³/mol. The molecule has 0 aromatic heterocycles. The molecule has 0 heterocycles. The summed E-state index contributed by atoms with van der Waals surface area (Å²) in [6.45, 7) is 4.47. The maximum Gasteiger partial charge on any atom is 0.150 e. The highest BCUT2D eigenvalue weighted by atomic mass is 28.3. The first-order valence-electron chi connectivity index (χ1n) is 3.60. The molecular formula is C9H11OSi. The number of hydrogen-bond acceptors (Lipinski definition) is 1. The van der Waals surface area contributed by atoms with Gasteiger partial charge < -0.3 is 0 Å². The van der Waals surface area contributed by atoms with Crippen LogP contribution in [0.4, 0.5) is 0 Å². The van der Waals surface area contributed by atoms with Crippen molar-refractivity contribution < 1.29 is 4.79 Å². The normalized spacial score (nSPS) is 10.1. The van der Waals surface area contributed by atoms with Crippen LogP contribution in [0.15, 0.2) is 24.3 Å². The standard InChI is InChI=1S/C9H11OSi/c1-11(2)9-5-3-8(7-10)4-6-9/h3-7H,1-2H3. The highest BCUT2D eigenvalue weighted by Crippen LogP contribution is 1.93. The van der Waals surface area contributed by atoms with Gasteiger partial charge in [-0.3, -0.25) is 4.79 Å². The van der Waals surface area contributed by atoms with E-state index in [0.717, 1.165) is 11.8 Å². The zero-order valence-corrected chi connectivity index (χ0v) is 7.79. The average molecular weight is 163 g/mol. The van der Waals surface area contributed by atoms with Crippen molar-refractivity contribution in [2.24, 2.45) is 0 Å². The van der Waals surface area contributed by atoms with Crippen LogP contribution in [0.5, 0.6) is 0 Å². The minimum atomic E-state index is -0.353. The second kappa shape index (κ2) is 3.48. The fourth-order valence-electron chi connectivity index (χ4n) is 0.895. The van der Waals surface area contributed by atoms with E-state index in [4.69, 9.17) is 0 Å². The Hall–Kier alpha value is -0.893. The molecular weight excluding hydrogens is 152 g/mol. The molecule has 0 fully saturated rings. The summed E-state index contributed by atoms with van der Waals surface area (Å²) in [5.41, 5.74) is 0.761. The Morgan fingerprint density at radius 3 is 2.09 bits per heavy atom. The minimum absolute atomic E-state index is 0.353. The van der Waals surface area contributed by atoms with Crippen molar-refractivity contribution >= 4 is 20.3 Å². The van der Waals surface area contributed by atoms with Gasteiger partial charge in [0.2, 0.25) is 0 Å². The first-order valence-corrected chi connectivity index (χ1v) is 6.10. The second-order valence-corrected chi connectivity index (χ2v) is 5.32. The molecule has 1 aromatic rings. The summed E-state index contributed by atoms with van der Waals surface area (Å²) in [4.78, 5) is 10.3.